The Balaban J connectivity index is 2.33. The van der Waals surface area contributed by atoms with Crippen molar-refractivity contribution in [3.63, 3.8) is 0 Å². The van der Waals surface area contributed by atoms with E-state index in [2.05, 4.69) is 21.4 Å². The van der Waals surface area contributed by atoms with E-state index in [-0.39, 0.29) is 5.91 Å². The van der Waals surface area contributed by atoms with Crippen LogP contribution in [-0.4, -0.2) is 16.1 Å². The van der Waals surface area contributed by atoms with Gasteiger partial charge >= 0.3 is 0 Å². The summed E-state index contributed by atoms with van der Waals surface area (Å²) >= 11 is 0. The van der Waals surface area contributed by atoms with Gasteiger partial charge in [0.25, 0.3) is 0 Å². The fraction of sp³-hybridized carbons (Fsp3) is 0.250. The third-order valence-electron chi connectivity index (χ3n) is 1.27. The largest absolute Gasteiger partial charge is 0.311 e. The molecule has 0 bridgehead atoms. The highest BCUT2D eigenvalue weighted by atomic mass is 16.1. The van der Waals surface area contributed by atoms with Gasteiger partial charge < -0.3 is 5.32 Å². The van der Waals surface area contributed by atoms with Gasteiger partial charge in [0.15, 0.2) is 0 Å². The fourth-order valence-electron chi connectivity index (χ4n) is 0.724. The summed E-state index contributed by atoms with van der Waals surface area (Å²) in [4.78, 5) is 11.0. The van der Waals surface area contributed by atoms with Crippen molar-refractivity contribution in [1.29, 1.82) is 0 Å². The van der Waals surface area contributed by atoms with E-state index >= 15 is 0 Å². The van der Waals surface area contributed by atoms with Gasteiger partial charge in [0.2, 0.25) is 5.91 Å². The van der Waals surface area contributed by atoms with Crippen LogP contribution in [-0.2, 0) is 4.79 Å². The standard InChI is InChI=1S/C8H9N3O/c1-2-3-4-8(12)10-7-5-6-9-11-7/h1,5-6H,3-4H2,(H2,9,10,11,12). The van der Waals surface area contributed by atoms with Crippen molar-refractivity contribution < 1.29 is 4.79 Å². The third-order valence-corrected chi connectivity index (χ3v) is 1.27. The van der Waals surface area contributed by atoms with E-state index in [9.17, 15) is 4.79 Å². The predicted molar refractivity (Wildman–Crippen MR) is 45.3 cm³/mol. The predicted octanol–water partition coefficient (Wildman–Crippen LogP) is 0.762. The van der Waals surface area contributed by atoms with Gasteiger partial charge in [-0.15, -0.1) is 12.3 Å². The molecule has 1 rings (SSSR count). The average molecular weight is 163 g/mol. The van der Waals surface area contributed by atoms with Crippen LogP contribution in [0.15, 0.2) is 12.3 Å². The zero-order chi connectivity index (χ0) is 8.81. The Morgan fingerprint density at radius 3 is 3.25 bits per heavy atom. The SMILES string of the molecule is C#CCCC(=O)Nc1ccn[nH]1. The Bertz CT molecular complexity index is 284. The van der Waals surface area contributed by atoms with E-state index in [1.807, 2.05) is 0 Å². The lowest BCUT2D eigenvalue weighted by Crippen LogP contribution is -2.10. The van der Waals surface area contributed by atoms with Crippen molar-refractivity contribution in [3.8, 4) is 12.3 Å². The van der Waals surface area contributed by atoms with Crippen LogP contribution in [0.25, 0.3) is 0 Å². The minimum Gasteiger partial charge on any atom is -0.311 e. The van der Waals surface area contributed by atoms with Crippen LogP contribution in [0.1, 0.15) is 12.8 Å². The van der Waals surface area contributed by atoms with Crippen LogP contribution in [0.4, 0.5) is 5.82 Å². The fourth-order valence-corrected chi connectivity index (χ4v) is 0.724. The van der Waals surface area contributed by atoms with Gasteiger partial charge in [-0.3, -0.25) is 9.89 Å². The molecule has 0 saturated heterocycles. The molecule has 0 spiro atoms. The number of carbonyl (C=O) groups excluding carboxylic acids is 1. The number of hydrogen-bond donors (Lipinski definition) is 2. The number of nitrogens with one attached hydrogen (secondary N) is 2. The zero-order valence-electron chi connectivity index (χ0n) is 6.50. The van der Waals surface area contributed by atoms with Crippen LogP contribution < -0.4 is 5.32 Å². The number of nitrogens with zero attached hydrogens (tertiary/aromatic N) is 1. The summed E-state index contributed by atoms with van der Waals surface area (Å²) in [6, 6.07) is 1.67. The molecule has 2 N–H and O–H groups in total. The Kier molecular flexibility index (Phi) is 2.91. The first-order chi connectivity index (χ1) is 5.83. The van der Waals surface area contributed by atoms with E-state index in [1.54, 1.807) is 12.3 Å². The summed E-state index contributed by atoms with van der Waals surface area (Å²) in [5, 5.41) is 8.89. The number of hydrogen-bond acceptors (Lipinski definition) is 2. The molecule has 0 saturated carbocycles. The van der Waals surface area contributed by atoms with Crippen molar-refractivity contribution in [3.05, 3.63) is 12.3 Å². The highest BCUT2D eigenvalue weighted by Gasteiger charge is 2.00. The molecule has 0 aliphatic carbocycles. The van der Waals surface area contributed by atoms with E-state index in [0.29, 0.717) is 18.7 Å². The molecule has 0 atom stereocenters. The number of rotatable bonds is 3. The van der Waals surface area contributed by atoms with Crippen molar-refractivity contribution >= 4 is 11.7 Å². The number of H-pyrrole nitrogens is 1. The first-order valence-corrected chi connectivity index (χ1v) is 3.55. The van der Waals surface area contributed by atoms with Crippen LogP contribution in [0, 0.1) is 12.3 Å². The highest BCUT2D eigenvalue weighted by Crippen LogP contribution is 1.99. The Hall–Kier alpha value is -1.76. The number of aromatic amines is 1. The monoisotopic (exact) mass is 163 g/mol. The minimum atomic E-state index is -0.0998. The zero-order valence-corrected chi connectivity index (χ0v) is 6.50. The number of carbonyl (C=O) groups is 1. The molecule has 0 aromatic carbocycles. The number of aromatic nitrogens is 2. The lowest BCUT2D eigenvalue weighted by atomic mass is 10.3. The third kappa shape index (κ3) is 2.46. The molecule has 0 aliphatic heterocycles. The molecule has 0 fully saturated rings. The molecular formula is C8H9N3O. The lowest BCUT2D eigenvalue weighted by molar-refractivity contribution is -0.116. The first kappa shape index (κ1) is 8.34. The molecule has 0 aliphatic rings. The van der Waals surface area contributed by atoms with Crippen LogP contribution >= 0.6 is 0 Å². The van der Waals surface area contributed by atoms with Crippen molar-refractivity contribution in [2.24, 2.45) is 0 Å². The van der Waals surface area contributed by atoms with E-state index in [4.69, 9.17) is 6.42 Å². The molecule has 0 radical (unpaired) electrons. The molecule has 4 nitrogen and oxygen atoms in total. The first-order valence-electron chi connectivity index (χ1n) is 3.55. The number of anilines is 1. The molecule has 1 heterocycles. The summed E-state index contributed by atoms with van der Waals surface area (Å²) in [5.74, 6) is 2.89. The molecular weight excluding hydrogens is 154 g/mol. The number of amides is 1. The summed E-state index contributed by atoms with van der Waals surface area (Å²) in [6.45, 7) is 0. The van der Waals surface area contributed by atoms with Gasteiger partial charge in [-0.25, -0.2) is 0 Å². The minimum absolute atomic E-state index is 0.0998. The van der Waals surface area contributed by atoms with Gasteiger partial charge in [0.1, 0.15) is 5.82 Å². The summed E-state index contributed by atoms with van der Waals surface area (Å²) in [7, 11) is 0. The lowest BCUT2D eigenvalue weighted by Gasteiger charge is -1.98. The van der Waals surface area contributed by atoms with Gasteiger partial charge in [-0.05, 0) is 0 Å². The maximum Gasteiger partial charge on any atom is 0.226 e. The second-order valence-electron chi connectivity index (χ2n) is 2.22. The topological polar surface area (TPSA) is 57.8 Å². The molecule has 1 aromatic rings. The second kappa shape index (κ2) is 4.19. The quantitative estimate of drug-likeness (QED) is 0.646. The summed E-state index contributed by atoms with van der Waals surface area (Å²) in [6.07, 6.45) is 7.37. The Morgan fingerprint density at radius 1 is 1.83 bits per heavy atom. The van der Waals surface area contributed by atoms with E-state index < -0.39 is 0 Å². The second-order valence-corrected chi connectivity index (χ2v) is 2.22. The van der Waals surface area contributed by atoms with E-state index in [0.717, 1.165) is 0 Å². The number of terminal acetylenes is 1. The van der Waals surface area contributed by atoms with Crippen LogP contribution in [0.2, 0.25) is 0 Å². The summed E-state index contributed by atoms with van der Waals surface area (Å²) < 4.78 is 0. The van der Waals surface area contributed by atoms with Crippen LogP contribution in [0.3, 0.4) is 0 Å². The van der Waals surface area contributed by atoms with Crippen molar-refractivity contribution in [1.82, 2.24) is 10.2 Å². The van der Waals surface area contributed by atoms with E-state index in [1.165, 1.54) is 0 Å². The van der Waals surface area contributed by atoms with Gasteiger partial charge in [0.05, 0.1) is 6.20 Å². The maximum absolute atomic E-state index is 11.0. The Morgan fingerprint density at radius 2 is 2.67 bits per heavy atom. The van der Waals surface area contributed by atoms with Crippen molar-refractivity contribution in [2.75, 3.05) is 5.32 Å². The molecule has 1 aromatic heterocycles. The Labute approximate surface area is 70.4 Å². The normalized spacial score (nSPS) is 8.92. The smallest absolute Gasteiger partial charge is 0.226 e. The molecule has 1 amide bonds. The van der Waals surface area contributed by atoms with Gasteiger partial charge in [0, 0.05) is 18.9 Å². The molecule has 12 heavy (non-hydrogen) atoms. The molecule has 62 valence electrons. The highest BCUT2D eigenvalue weighted by molar-refractivity contribution is 5.89. The van der Waals surface area contributed by atoms with Gasteiger partial charge in [-0.1, -0.05) is 0 Å². The van der Waals surface area contributed by atoms with Gasteiger partial charge in [-0.2, -0.15) is 5.10 Å². The average Bonchev–Trinajstić information content (AvgIpc) is 2.53. The van der Waals surface area contributed by atoms with Crippen LogP contribution in [0.5, 0.6) is 0 Å². The summed E-state index contributed by atoms with van der Waals surface area (Å²) in [5.41, 5.74) is 0. The molecule has 0 unspecified atom stereocenters. The molecule has 4 heteroatoms. The maximum atomic E-state index is 11.0. The van der Waals surface area contributed by atoms with Crippen molar-refractivity contribution in [2.45, 2.75) is 12.8 Å².